The van der Waals surface area contributed by atoms with Crippen molar-refractivity contribution in [3.63, 3.8) is 0 Å². The topological polar surface area (TPSA) is 73.6 Å². The highest BCUT2D eigenvalue weighted by Crippen LogP contribution is 2.22. The molecule has 0 aliphatic carbocycles. The Balaban J connectivity index is 1.97. The van der Waals surface area contributed by atoms with Crippen molar-refractivity contribution in [2.24, 2.45) is 0 Å². The molecule has 0 spiro atoms. The number of nitro benzene ring substituents is 1. The van der Waals surface area contributed by atoms with Gasteiger partial charge in [-0.2, -0.15) is 0 Å². The van der Waals surface area contributed by atoms with E-state index in [1.807, 2.05) is 26.8 Å². The van der Waals surface area contributed by atoms with Crippen molar-refractivity contribution in [1.82, 2.24) is 5.32 Å². The van der Waals surface area contributed by atoms with E-state index in [-0.39, 0.29) is 22.7 Å². The van der Waals surface area contributed by atoms with Crippen LogP contribution in [0.5, 0.6) is 0 Å². The SMILES string of the molecule is CC(NC1COC(C)(C)OC1)c1cccc([N+](=O)[O-])c1. The fourth-order valence-electron chi connectivity index (χ4n) is 2.15. The highest BCUT2D eigenvalue weighted by atomic mass is 16.7. The second kappa shape index (κ2) is 5.87. The van der Waals surface area contributed by atoms with Gasteiger partial charge in [-0.1, -0.05) is 12.1 Å². The number of hydrogen-bond donors (Lipinski definition) is 1. The average Bonchev–Trinajstić information content (AvgIpc) is 2.41. The number of rotatable bonds is 4. The van der Waals surface area contributed by atoms with Gasteiger partial charge in [0.05, 0.1) is 24.2 Å². The maximum absolute atomic E-state index is 10.8. The molecule has 0 bridgehead atoms. The van der Waals surface area contributed by atoms with Crippen LogP contribution in [-0.4, -0.2) is 30.0 Å². The van der Waals surface area contributed by atoms with Gasteiger partial charge in [0.25, 0.3) is 5.69 Å². The summed E-state index contributed by atoms with van der Waals surface area (Å²) >= 11 is 0. The molecule has 2 rings (SSSR count). The molecule has 0 saturated carbocycles. The minimum absolute atomic E-state index is 0.00619. The monoisotopic (exact) mass is 280 g/mol. The molecule has 1 aromatic rings. The van der Waals surface area contributed by atoms with Crippen LogP contribution < -0.4 is 5.32 Å². The van der Waals surface area contributed by atoms with Crippen LogP contribution in [0, 0.1) is 10.1 Å². The number of nitro groups is 1. The molecular formula is C14H20N2O4. The highest BCUT2D eigenvalue weighted by Gasteiger charge is 2.29. The average molecular weight is 280 g/mol. The van der Waals surface area contributed by atoms with Crippen LogP contribution in [0.25, 0.3) is 0 Å². The Morgan fingerprint density at radius 1 is 1.40 bits per heavy atom. The lowest BCUT2D eigenvalue weighted by Gasteiger charge is -2.36. The molecule has 6 heteroatoms. The summed E-state index contributed by atoms with van der Waals surface area (Å²) in [5.74, 6) is -0.535. The lowest BCUT2D eigenvalue weighted by molar-refractivity contribution is -0.384. The van der Waals surface area contributed by atoms with Crippen LogP contribution in [0.3, 0.4) is 0 Å². The first-order valence-corrected chi connectivity index (χ1v) is 6.66. The normalized spacial score (nSPS) is 20.6. The molecule has 1 aliphatic heterocycles. The minimum atomic E-state index is -0.535. The van der Waals surface area contributed by atoms with Gasteiger partial charge in [0.1, 0.15) is 0 Å². The lowest BCUT2D eigenvalue weighted by atomic mass is 10.1. The van der Waals surface area contributed by atoms with Crippen LogP contribution >= 0.6 is 0 Å². The van der Waals surface area contributed by atoms with Gasteiger partial charge in [-0.3, -0.25) is 10.1 Å². The van der Waals surface area contributed by atoms with Crippen molar-refractivity contribution < 1.29 is 14.4 Å². The second-order valence-corrected chi connectivity index (χ2v) is 5.46. The molecule has 0 amide bonds. The van der Waals surface area contributed by atoms with Crippen LogP contribution in [-0.2, 0) is 9.47 Å². The molecule has 1 fully saturated rings. The highest BCUT2D eigenvalue weighted by molar-refractivity contribution is 5.35. The standard InChI is InChI=1S/C14H20N2O4/c1-10(11-5-4-6-13(7-11)16(17)18)15-12-8-19-14(2,3)20-9-12/h4-7,10,12,15H,8-9H2,1-3H3. The Bertz CT molecular complexity index is 480. The third kappa shape index (κ3) is 3.75. The van der Waals surface area contributed by atoms with Gasteiger partial charge in [-0.25, -0.2) is 0 Å². The van der Waals surface area contributed by atoms with Crippen molar-refractivity contribution in [3.05, 3.63) is 39.9 Å². The Morgan fingerprint density at radius 3 is 2.65 bits per heavy atom. The van der Waals surface area contributed by atoms with Crippen molar-refractivity contribution in [2.75, 3.05) is 13.2 Å². The molecule has 0 aromatic heterocycles. The zero-order valence-corrected chi connectivity index (χ0v) is 12.0. The van der Waals surface area contributed by atoms with E-state index >= 15 is 0 Å². The van der Waals surface area contributed by atoms with Gasteiger partial charge < -0.3 is 14.8 Å². The maximum atomic E-state index is 10.8. The predicted molar refractivity (Wildman–Crippen MR) is 74.4 cm³/mol. The Labute approximate surface area is 118 Å². The molecule has 1 aliphatic rings. The fourth-order valence-corrected chi connectivity index (χ4v) is 2.15. The van der Waals surface area contributed by atoms with Gasteiger partial charge >= 0.3 is 0 Å². The van der Waals surface area contributed by atoms with E-state index in [4.69, 9.17) is 9.47 Å². The third-order valence-electron chi connectivity index (χ3n) is 3.33. The molecule has 20 heavy (non-hydrogen) atoms. The largest absolute Gasteiger partial charge is 0.349 e. The summed E-state index contributed by atoms with van der Waals surface area (Å²) in [5.41, 5.74) is 0.984. The van der Waals surface area contributed by atoms with Gasteiger partial charge in [-0.05, 0) is 26.3 Å². The number of nitrogens with one attached hydrogen (secondary N) is 1. The van der Waals surface area contributed by atoms with E-state index in [1.54, 1.807) is 12.1 Å². The molecule has 1 unspecified atom stereocenters. The second-order valence-electron chi connectivity index (χ2n) is 5.46. The molecule has 1 saturated heterocycles. The van der Waals surface area contributed by atoms with Crippen LogP contribution in [0.1, 0.15) is 32.4 Å². The summed E-state index contributed by atoms with van der Waals surface area (Å²) in [6.07, 6.45) is 0. The molecule has 1 heterocycles. The van der Waals surface area contributed by atoms with Crippen LogP contribution in [0.15, 0.2) is 24.3 Å². The van der Waals surface area contributed by atoms with E-state index in [9.17, 15) is 10.1 Å². The number of benzene rings is 1. The first kappa shape index (κ1) is 14.9. The molecular weight excluding hydrogens is 260 g/mol. The summed E-state index contributed by atoms with van der Waals surface area (Å²) in [5, 5.41) is 14.1. The quantitative estimate of drug-likeness (QED) is 0.677. The number of nitrogens with zero attached hydrogens (tertiary/aromatic N) is 1. The first-order valence-electron chi connectivity index (χ1n) is 6.66. The first-order chi connectivity index (χ1) is 9.37. The van der Waals surface area contributed by atoms with Crippen molar-refractivity contribution >= 4 is 5.69 Å². The van der Waals surface area contributed by atoms with Crippen LogP contribution in [0.2, 0.25) is 0 Å². The summed E-state index contributed by atoms with van der Waals surface area (Å²) in [7, 11) is 0. The number of hydrogen-bond acceptors (Lipinski definition) is 5. The van der Waals surface area contributed by atoms with Gasteiger partial charge in [0.2, 0.25) is 0 Å². The van der Waals surface area contributed by atoms with Crippen molar-refractivity contribution in [1.29, 1.82) is 0 Å². The zero-order valence-electron chi connectivity index (χ0n) is 12.0. The third-order valence-corrected chi connectivity index (χ3v) is 3.33. The number of ether oxygens (including phenoxy) is 2. The molecule has 0 radical (unpaired) electrons. The Morgan fingerprint density at radius 2 is 2.05 bits per heavy atom. The van der Waals surface area contributed by atoms with E-state index in [1.165, 1.54) is 6.07 Å². The summed E-state index contributed by atoms with van der Waals surface area (Å²) < 4.78 is 11.2. The van der Waals surface area contributed by atoms with E-state index in [0.717, 1.165) is 5.56 Å². The summed E-state index contributed by atoms with van der Waals surface area (Å²) in [4.78, 5) is 10.4. The van der Waals surface area contributed by atoms with Crippen molar-refractivity contribution in [3.8, 4) is 0 Å². The van der Waals surface area contributed by atoms with Crippen molar-refractivity contribution in [2.45, 2.75) is 38.6 Å². The fraction of sp³-hybridized carbons (Fsp3) is 0.571. The predicted octanol–water partition coefficient (Wildman–Crippen LogP) is 2.40. The zero-order chi connectivity index (χ0) is 14.8. The number of non-ortho nitro benzene ring substituents is 1. The van der Waals surface area contributed by atoms with Crippen LogP contribution in [0.4, 0.5) is 5.69 Å². The van der Waals surface area contributed by atoms with E-state index in [0.29, 0.717) is 13.2 Å². The van der Waals surface area contributed by atoms with E-state index in [2.05, 4.69) is 5.32 Å². The lowest BCUT2D eigenvalue weighted by Crippen LogP contribution is -2.49. The molecule has 6 nitrogen and oxygen atoms in total. The van der Waals surface area contributed by atoms with E-state index < -0.39 is 5.79 Å². The molecule has 110 valence electrons. The molecule has 1 atom stereocenters. The Kier molecular flexibility index (Phi) is 4.37. The summed E-state index contributed by atoms with van der Waals surface area (Å²) in [6, 6.07) is 6.73. The van der Waals surface area contributed by atoms with Gasteiger partial charge in [0.15, 0.2) is 5.79 Å². The molecule has 1 aromatic carbocycles. The maximum Gasteiger partial charge on any atom is 0.269 e. The van der Waals surface area contributed by atoms with Gasteiger partial charge in [0, 0.05) is 18.2 Å². The smallest absolute Gasteiger partial charge is 0.269 e. The Hall–Kier alpha value is -1.50. The molecule has 1 N–H and O–H groups in total. The minimum Gasteiger partial charge on any atom is -0.349 e. The summed E-state index contributed by atoms with van der Waals surface area (Å²) in [6.45, 7) is 6.86. The van der Waals surface area contributed by atoms with Gasteiger partial charge in [-0.15, -0.1) is 0 Å².